The number of carbonyl (C=O) groups is 1. The predicted molar refractivity (Wildman–Crippen MR) is 106 cm³/mol. The van der Waals surface area contributed by atoms with Gasteiger partial charge in [0.25, 0.3) is 0 Å². The molecule has 0 aliphatic carbocycles. The third kappa shape index (κ3) is 4.41. The van der Waals surface area contributed by atoms with Crippen molar-refractivity contribution in [2.45, 2.75) is 53.0 Å². The molecule has 0 saturated carbocycles. The Bertz CT molecular complexity index is 884. The standard InChI is InChI=1S/C22H29NO4/c1-5-26-22(25)16-7-6-8-23(12-16)13-17-10-21(24)27-20-9-15(4)18(14(2)3)11-19(17)20/h9-11,14,16H,5-8,12-13H2,1-4H3/t16-/m1/s1. The summed E-state index contributed by atoms with van der Waals surface area (Å²) in [5, 5.41) is 0.988. The van der Waals surface area contributed by atoms with E-state index in [-0.39, 0.29) is 17.5 Å². The second-order valence-corrected chi connectivity index (χ2v) is 7.78. The predicted octanol–water partition coefficient (Wildman–Crippen LogP) is 4.00. The lowest BCUT2D eigenvalue weighted by Gasteiger charge is -2.31. The molecule has 5 nitrogen and oxygen atoms in total. The molecule has 146 valence electrons. The van der Waals surface area contributed by atoms with Crippen molar-refractivity contribution in [3.05, 3.63) is 45.3 Å². The van der Waals surface area contributed by atoms with Gasteiger partial charge in [-0.05, 0) is 68.0 Å². The quantitative estimate of drug-likeness (QED) is 0.587. The van der Waals surface area contributed by atoms with Crippen LogP contribution in [0.3, 0.4) is 0 Å². The van der Waals surface area contributed by atoms with Gasteiger partial charge in [-0.25, -0.2) is 4.79 Å². The van der Waals surface area contributed by atoms with Crippen LogP contribution >= 0.6 is 0 Å². The first-order valence-electron chi connectivity index (χ1n) is 9.85. The highest BCUT2D eigenvalue weighted by atomic mass is 16.5. The van der Waals surface area contributed by atoms with Crippen molar-refractivity contribution in [2.24, 2.45) is 5.92 Å². The summed E-state index contributed by atoms with van der Waals surface area (Å²) >= 11 is 0. The van der Waals surface area contributed by atoms with Gasteiger partial charge < -0.3 is 9.15 Å². The van der Waals surface area contributed by atoms with Crippen molar-refractivity contribution in [3.8, 4) is 0 Å². The number of esters is 1. The first-order chi connectivity index (χ1) is 12.9. The zero-order valence-electron chi connectivity index (χ0n) is 16.7. The number of piperidine rings is 1. The minimum absolute atomic E-state index is 0.0847. The Kier molecular flexibility index (Phi) is 6.00. The maximum absolute atomic E-state index is 12.1. The van der Waals surface area contributed by atoms with E-state index in [1.807, 2.05) is 13.0 Å². The first-order valence-corrected chi connectivity index (χ1v) is 9.85. The number of nitrogens with zero attached hydrogens (tertiary/aromatic N) is 1. The minimum atomic E-state index is -0.326. The summed E-state index contributed by atoms with van der Waals surface area (Å²) < 4.78 is 10.6. The van der Waals surface area contributed by atoms with E-state index in [4.69, 9.17) is 9.15 Å². The molecule has 27 heavy (non-hydrogen) atoms. The van der Waals surface area contributed by atoms with E-state index < -0.39 is 0 Å². The third-order valence-electron chi connectivity index (χ3n) is 5.36. The molecule has 1 aromatic heterocycles. The van der Waals surface area contributed by atoms with Crippen molar-refractivity contribution in [1.29, 1.82) is 0 Å². The van der Waals surface area contributed by atoms with E-state index in [1.165, 1.54) is 5.56 Å². The number of benzene rings is 1. The van der Waals surface area contributed by atoms with Gasteiger partial charge in [-0.2, -0.15) is 0 Å². The van der Waals surface area contributed by atoms with E-state index in [1.54, 1.807) is 6.07 Å². The van der Waals surface area contributed by atoms with Crippen molar-refractivity contribution >= 4 is 16.9 Å². The van der Waals surface area contributed by atoms with E-state index in [2.05, 4.69) is 31.7 Å². The van der Waals surface area contributed by atoms with Gasteiger partial charge in [0.2, 0.25) is 0 Å². The average Bonchev–Trinajstić information content (AvgIpc) is 2.61. The fraction of sp³-hybridized carbons (Fsp3) is 0.545. The van der Waals surface area contributed by atoms with Crippen LogP contribution in [0.5, 0.6) is 0 Å². The van der Waals surface area contributed by atoms with Crippen molar-refractivity contribution in [1.82, 2.24) is 4.90 Å². The fourth-order valence-electron chi connectivity index (χ4n) is 4.04. The summed E-state index contributed by atoms with van der Waals surface area (Å²) in [7, 11) is 0. The second-order valence-electron chi connectivity index (χ2n) is 7.78. The summed E-state index contributed by atoms with van der Waals surface area (Å²) in [6.45, 7) is 10.9. The van der Waals surface area contributed by atoms with Crippen LogP contribution in [-0.2, 0) is 16.1 Å². The molecule has 0 N–H and O–H groups in total. The van der Waals surface area contributed by atoms with Gasteiger partial charge in [-0.3, -0.25) is 9.69 Å². The van der Waals surface area contributed by atoms with Crippen molar-refractivity contribution < 1.29 is 13.9 Å². The lowest BCUT2D eigenvalue weighted by molar-refractivity contribution is -0.150. The zero-order chi connectivity index (χ0) is 19.6. The molecule has 1 saturated heterocycles. The molecule has 2 heterocycles. The molecule has 0 bridgehead atoms. The second kappa shape index (κ2) is 8.26. The third-order valence-corrected chi connectivity index (χ3v) is 5.36. The number of carbonyl (C=O) groups excluding carboxylic acids is 1. The number of hydrogen-bond acceptors (Lipinski definition) is 5. The summed E-state index contributed by atoms with van der Waals surface area (Å²) in [5.74, 6) is 0.202. The van der Waals surface area contributed by atoms with Crippen LogP contribution in [0.2, 0.25) is 0 Å². The number of likely N-dealkylation sites (tertiary alicyclic amines) is 1. The van der Waals surface area contributed by atoms with Gasteiger partial charge in [0.05, 0.1) is 12.5 Å². The highest BCUT2D eigenvalue weighted by molar-refractivity contribution is 5.82. The molecule has 1 aromatic carbocycles. The van der Waals surface area contributed by atoms with Gasteiger partial charge in [0.1, 0.15) is 5.58 Å². The SMILES string of the molecule is CCOC(=O)[C@@H]1CCCN(Cc2cc(=O)oc3cc(C)c(C(C)C)cc23)C1. The molecule has 0 unspecified atom stereocenters. The Morgan fingerprint density at radius 3 is 2.81 bits per heavy atom. The van der Waals surface area contributed by atoms with Crippen LogP contribution < -0.4 is 5.63 Å². The molecule has 0 amide bonds. The van der Waals surface area contributed by atoms with Gasteiger partial charge in [-0.15, -0.1) is 0 Å². The lowest BCUT2D eigenvalue weighted by atomic mass is 9.94. The lowest BCUT2D eigenvalue weighted by Crippen LogP contribution is -2.39. The van der Waals surface area contributed by atoms with Crippen LogP contribution in [-0.4, -0.2) is 30.6 Å². The number of ether oxygens (including phenoxy) is 1. The highest BCUT2D eigenvalue weighted by Gasteiger charge is 2.27. The normalized spacial score (nSPS) is 18.2. The zero-order valence-corrected chi connectivity index (χ0v) is 16.7. The van der Waals surface area contributed by atoms with Crippen LogP contribution in [0.25, 0.3) is 11.0 Å². The van der Waals surface area contributed by atoms with Gasteiger partial charge in [-0.1, -0.05) is 13.8 Å². The van der Waals surface area contributed by atoms with Crippen molar-refractivity contribution in [3.63, 3.8) is 0 Å². The molecule has 2 aromatic rings. The minimum Gasteiger partial charge on any atom is -0.466 e. The Morgan fingerprint density at radius 1 is 1.33 bits per heavy atom. The molecular formula is C22H29NO4. The number of rotatable bonds is 5. The number of fused-ring (bicyclic) bond motifs is 1. The Hall–Kier alpha value is -2.14. The molecule has 3 rings (SSSR count). The molecule has 0 radical (unpaired) electrons. The summed E-state index contributed by atoms with van der Waals surface area (Å²) in [6, 6.07) is 5.71. The van der Waals surface area contributed by atoms with E-state index >= 15 is 0 Å². The van der Waals surface area contributed by atoms with Crippen LogP contribution in [0.4, 0.5) is 0 Å². The molecule has 5 heteroatoms. The van der Waals surface area contributed by atoms with E-state index in [9.17, 15) is 9.59 Å². The van der Waals surface area contributed by atoms with Gasteiger partial charge >= 0.3 is 11.6 Å². The summed E-state index contributed by atoms with van der Waals surface area (Å²) in [6.07, 6.45) is 1.82. The molecule has 1 aliphatic heterocycles. The smallest absolute Gasteiger partial charge is 0.336 e. The van der Waals surface area contributed by atoms with Gasteiger partial charge in [0.15, 0.2) is 0 Å². The van der Waals surface area contributed by atoms with E-state index in [0.29, 0.717) is 31.2 Å². The molecule has 1 aliphatic rings. The highest BCUT2D eigenvalue weighted by Crippen LogP contribution is 2.28. The molecular weight excluding hydrogens is 342 g/mol. The van der Waals surface area contributed by atoms with Crippen LogP contribution in [0, 0.1) is 12.8 Å². The van der Waals surface area contributed by atoms with Crippen molar-refractivity contribution in [2.75, 3.05) is 19.7 Å². The Labute approximate surface area is 160 Å². The van der Waals surface area contributed by atoms with Crippen LogP contribution in [0.1, 0.15) is 56.2 Å². The van der Waals surface area contributed by atoms with E-state index in [0.717, 1.165) is 35.9 Å². The number of hydrogen-bond donors (Lipinski definition) is 0. The average molecular weight is 371 g/mol. The van der Waals surface area contributed by atoms with Crippen LogP contribution in [0.15, 0.2) is 27.4 Å². The monoisotopic (exact) mass is 371 g/mol. The summed E-state index contributed by atoms with van der Waals surface area (Å²) in [5.41, 5.74) is 3.68. The fourth-order valence-corrected chi connectivity index (χ4v) is 4.04. The topological polar surface area (TPSA) is 59.8 Å². The van der Waals surface area contributed by atoms with Gasteiger partial charge in [0, 0.05) is 24.5 Å². The largest absolute Gasteiger partial charge is 0.466 e. The number of aryl methyl sites for hydroxylation is 1. The maximum atomic E-state index is 12.1. The summed E-state index contributed by atoms with van der Waals surface area (Å²) in [4.78, 5) is 26.4. The Morgan fingerprint density at radius 2 is 2.11 bits per heavy atom. The first kappa shape index (κ1) is 19.6. The Balaban J connectivity index is 1.90. The molecule has 1 fully saturated rings. The maximum Gasteiger partial charge on any atom is 0.336 e. The molecule has 0 spiro atoms. The molecule has 1 atom stereocenters.